The molecule has 1 aliphatic rings. The quantitative estimate of drug-likeness (QED) is 0.652. The van der Waals surface area contributed by atoms with Crippen LogP contribution in [0.1, 0.15) is 43.2 Å². The van der Waals surface area contributed by atoms with Gasteiger partial charge in [-0.15, -0.1) is 24.8 Å². The second kappa shape index (κ2) is 13.5. The molecular weight excluding hydrogens is 345 g/mol. The Labute approximate surface area is 158 Å². The van der Waals surface area contributed by atoms with Crippen molar-refractivity contribution >= 4 is 30.7 Å². The Morgan fingerprint density at radius 3 is 2.54 bits per heavy atom. The van der Waals surface area contributed by atoms with Gasteiger partial charge in [0.25, 0.3) is 0 Å². The van der Waals surface area contributed by atoms with Gasteiger partial charge in [-0.1, -0.05) is 37.1 Å². The number of carbonyl (C=O) groups is 1. The van der Waals surface area contributed by atoms with E-state index in [9.17, 15) is 4.79 Å². The van der Waals surface area contributed by atoms with Crippen LogP contribution in [-0.2, 0) is 17.8 Å². The molecule has 1 amide bonds. The number of hydrogen-bond acceptors (Lipinski definition) is 3. The van der Waals surface area contributed by atoms with Crippen molar-refractivity contribution in [3.63, 3.8) is 0 Å². The van der Waals surface area contributed by atoms with Crippen molar-refractivity contribution in [2.75, 3.05) is 26.2 Å². The van der Waals surface area contributed by atoms with Crippen molar-refractivity contribution in [3.8, 4) is 0 Å². The van der Waals surface area contributed by atoms with Crippen LogP contribution in [0.4, 0.5) is 0 Å². The lowest BCUT2D eigenvalue weighted by molar-refractivity contribution is -0.121. The van der Waals surface area contributed by atoms with E-state index >= 15 is 0 Å². The summed E-state index contributed by atoms with van der Waals surface area (Å²) in [6, 6.07) is 8.65. The smallest absolute Gasteiger partial charge is 0.220 e. The van der Waals surface area contributed by atoms with E-state index in [4.69, 9.17) is 5.73 Å². The Morgan fingerprint density at radius 2 is 1.79 bits per heavy atom. The molecule has 6 heteroatoms. The molecule has 0 aliphatic carbocycles. The number of nitrogens with two attached hydrogens (primary N) is 1. The van der Waals surface area contributed by atoms with Gasteiger partial charge in [-0.3, -0.25) is 9.69 Å². The summed E-state index contributed by atoms with van der Waals surface area (Å²) in [6.07, 6.45) is 6.05. The zero-order valence-corrected chi connectivity index (χ0v) is 16.0. The highest BCUT2D eigenvalue weighted by atomic mass is 35.5. The topological polar surface area (TPSA) is 58.4 Å². The Hall–Kier alpha value is -0.810. The molecule has 3 N–H and O–H groups in total. The number of fused-ring (bicyclic) bond motifs is 1. The van der Waals surface area contributed by atoms with E-state index in [1.807, 2.05) is 0 Å². The minimum absolute atomic E-state index is 0. The molecule has 0 fully saturated rings. The molecular formula is C18H31Cl2N3O. The predicted octanol–water partition coefficient (Wildman–Crippen LogP) is 2.91. The standard InChI is InChI=1S/C18H29N3O.2ClH/c19-11-6-2-1-3-9-18(22)20-12-14-21-13-10-16-7-4-5-8-17(16)15-21;;/h4-5,7-8H,1-3,6,9-15,19H2,(H,20,22);2*1H. The third-order valence-electron chi connectivity index (χ3n) is 4.32. The predicted molar refractivity (Wildman–Crippen MR) is 105 cm³/mol. The molecule has 138 valence electrons. The Morgan fingerprint density at radius 1 is 1.08 bits per heavy atom. The van der Waals surface area contributed by atoms with Gasteiger partial charge in [-0.25, -0.2) is 0 Å². The molecule has 0 aromatic heterocycles. The van der Waals surface area contributed by atoms with Crippen LogP contribution in [0.2, 0.25) is 0 Å². The summed E-state index contributed by atoms with van der Waals surface area (Å²) in [5.41, 5.74) is 8.36. The maximum Gasteiger partial charge on any atom is 0.220 e. The van der Waals surface area contributed by atoms with Crippen molar-refractivity contribution in [2.24, 2.45) is 5.73 Å². The summed E-state index contributed by atoms with van der Waals surface area (Å²) in [7, 11) is 0. The van der Waals surface area contributed by atoms with Crippen LogP contribution in [0.3, 0.4) is 0 Å². The first-order valence-electron chi connectivity index (χ1n) is 8.55. The number of carbonyl (C=O) groups excluding carboxylic acids is 1. The Balaban J connectivity index is 0.00000264. The summed E-state index contributed by atoms with van der Waals surface area (Å²) in [4.78, 5) is 14.2. The lowest BCUT2D eigenvalue weighted by atomic mass is 10.00. The number of rotatable bonds is 9. The van der Waals surface area contributed by atoms with Crippen LogP contribution in [0, 0.1) is 0 Å². The fourth-order valence-corrected chi connectivity index (χ4v) is 2.97. The molecule has 1 aliphatic heterocycles. The van der Waals surface area contributed by atoms with Gasteiger partial charge in [0.2, 0.25) is 5.91 Å². The normalized spacial score (nSPS) is 13.4. The van der Waals surface area contributed by atoms with E-state index in [1.165, 1.54) is 11.1 Å². The highest BCUT2D eigenvalue weighted by molar-refractivity contribution is 5.85. The van der Waals surface area contributed by atoms with Crippen molar-refractivity contribution in [3.05, 3.63) is 35.4 Å². The maximum atomic E-state index is 11.8. The van der Waals surface area contributed by atoms with Crippen LogP contribution in [0.5, 0.6) is 0 Å². The number of amides is 1. The average molecular weight is 376 g/mol. The molecule has 24 heavy (non-hydrogen) atoms. The highest BCUT2D eigenvalue weighted by Crippen LogP contribution is 2.17. The SMILES string of the molecule is Cl.Cl.NCCCCCCC(=O)NCCN1CCc2ccccc2C1. The van der Waals surface area contributed by atoms with Crippen molar-refractivity contribution in [2.45, 2.75) is 45.1 Å². The molecule has 0 saturated carbocycles. The van der Waals surface area contributed by atoms with Gasteiger partial charge in [-0.2, -0.15) is 0 Å². The monoisotopic (exact) mass is 375 g/mol. The van der Waals surface area contributed by atoms with E-state index in [0.717, 1.165) is 64.8 Å². The molecule has 4 nitrogen and oxygen atoms in total. The van der Waals surface area contributed by atoms with Crippen molar-refractivity contribution in [1.82, 2.24) is 10.2 Å². The van der Waals surface area contributed by atoms with Crippen LogP contribution in [0.15, 0.2) is 24.3 Å². The first kappa shape index (κ1) is 23.2. The van der Waals surface area contributed by atoms with Crippen molar-refractivity contribution < 1.29 is 4.79 Å². The molecule has 0 atom stereocenters. The lowest BCUT2D eigenvalue weighted by Gasteiger charge is -2.28. The summed E-state index contributed by atoms with van der Waals surface area (Å²) in [5, 5.41) is 3.04. The largest absolute Gasteiger partial charge is 0.355 e. The van der Waals surface area contributed by atoms with E-state index in [0.29, 0.717) is 6.42 Å². The molecule has 2 rings (SSSR count). The minimum atomic E-state index is 0. The first-order chi connectivity index (χ1) is 10.8. The summed E-state index contributed by atoms with van der Waals surface area (Å²) >= 11 is 0. The number of nitrogens with zero attached hydrogens (tertiary/aromatic N) is 1. The fourth-order valence-electron chi connectivity index (χ4n) is 2.97. The molecule has 0 radical (unpaired) electrons. The second-order valence-corrected chi connectivity index (χ2v) is 6.10. The molecule has 0 spiro atoms. The fraction of sp³-hybridized carbons (Fsp3) is 0.611. The van der Waals surface area contributed by atoms with Gasteiger partial charge >= 0.3 is 0 Å². The summed E-state index contributed by atoms with van der Waals surface area (Å²) < 4.78 is 0. The van der Waals surface area contributed by atoms with Crippen LogP contribution in [0.25, 0.3) is 0 Å². The number of hydrogen-bond donors (Lipinski definition) is 2. The first-order valence-corrected chi connectivity index (χ1v) is 8.55. The van der Waals surface area contributed by atoms with E-state index in [1.54, 1.807) is 0 Å². The van der Waals surface area contributed by atoms with Crippen LogP contribution < -0.4 is 11.1 Å². The second-order valence-electron chi connectivity index (χ2n) is 6.10. The maximum absolute atomic E-state index is 11.8. The van der Waals surface area contributed by atoms with Gasteiger partial charge in [0, 0.05) is 32.6 Å². The molecule has 0 unspecified atom stereocenters. The van der Waals surface area contributed by atoms with Crippen molar-refractivity contribution in [1.29, 1.82) is 0 Å². The average Bonchev–Trinajstić information content (AvgIpc) is 2.54. The number of unbranched alkanes of at least 4 members (excludes halogenated alkanes) is 3. The third-order valence-corrected chi connectivity index (χ3v) is 4.32. The van der Waals surface area contributed by atoms with Crippen LogP contribution >= 0.6 is 24.8 Å². The minimum Gasteiger partial charge on any atom is -0.355 e. The zero-order valence-electron chi connectivity index (χ0n) is 14.3. The molecule has 0 saturated heterocycles. The number of halogens is 2. The van der Waals surface area contributed by atoms with Gasteiger partial charge in [0.1, 0.15) is 0 Å². The zero-order chi connectivity index (χ0) is 15.6. The lowest BCUT2D eigenvalue weighted by Crippen LogP contribution is -2.37. The van der Waals surface area contributed by atoms with Gasteiger partial charge in [-0.05, 0) is 36.9 Å². The molecule has 1 aromatic carbocycles. The van der Waals surface area contributed by atoms with Gasteiger partial charge in [0.15, 0.2) is 0 Å². The van der Waals surface area contributed by atoms with E-state index in [2.05, 4.69) is 34.5 Å². The number of nitrogens with one attached hydrogen (secondary N) is 1. The molecule has 1 aromatic rings. The van der Waals surface area contributed by atoms with E-state index in [-0.39, 0.29) is 30.7 Å². The number of benzene rings is 1. The van der Waals surface area contributed by atoms with Gasteiger partial charge in [0.05, 0.1) is 0 Å². The Kier molecular flexibility index (Phi) is 13.0. The molecule has 0 bridgehead atoms. The van der Waals surface area contributed by atoms with Crippen LogP contribution in [-0.4, -0.2) is 37.0 Å². The highest BCUT2D eigenvalue weighted by Gasteiger charge is 2.15. The summed E-state index contributed by atoms with van der Waals surface area (Å²) in [6.45, 7) is 4.54. The Bertz CT molecular complexity index is 471. The van der Waals surface area contributed by atoms with E-state index < -0.39 is 0 Å². The third kappa shape index (κ3) is 8.34. The van der Waals surface area contributed by atoms with Gasteiger partial charge < -0.3 is 11.1 Å². The summed E-state index contributed by atoms with van der Waals surface area (Å²) in [5.74, 6) is 0.185. The molecule has 1 heterocycles.